The molecule has 0 bridgehead atoms. The van der Waals surface area contributed by atoms with E-state index in [1.165, 1.54) is 11.1 Å². The highest BCUT2D eigenvalue weighted by Crippen LogP contribution is 2.37. The molecule has 3 N–H and O–H groups in total. The van der Waals surface area contributed by atoms with Crippen LogP contribution in [-0.2, 0) is 13.0 Å². The number of fused-ring (bicyclic) bond motifs is 1. The monoisotopic (exact) mass is 473 g/mol. The minimum absolute atomic E-state index is 0.467. The van der Waals surface area contributed by atoms with Gasteiger partial charge < -0.3 is 14.8 Å². The molecule has 176 valence electrons. The molecule has 1 heterocycles. The van der Waals surface area contributed by atoms with Crippen molar-refractivity contribution in [3.63, 3.8) is 0 Å². The fourth-order valence-electron chi connectivity index (χ4n) is 3.78. The molecular formula is C28H31N3O2S. The first kappa shape index (κ1) is 23.6. The summed E-state index contributed by atoms with van der Waals surface area (Å²) in [6, 6.07) is 22.4. The average Bonchev–Trinajstić information content (AvgIpc) is 2.82. The van der Waals surface area contributed by atoms with Crippen molar-refractivity contribution in [1.82, 2.24) is 10.9 Å². The number of ether oxygens (including phenoxy) is 2. The van der Waals surface area contributed by atoms with Gasteiger partial charge in [0.05, 0.1) is 5.70 Å². The summed E-state index contributed by atoms with van der Waals surface area (Å²) in [7, 11) is 0. The Hall–Kier alpha value is -3.51. The molecule has 4 rings (SSSR count). The van der Waals surface area contributed by atoms with E-state index in [4.69, 9.17) is 21.7 Å². The van der Waals surface area contributed by atoms with Crippen molar-refractivity contribution in [3.05, 3.63) is 95.1 Å². The van der Waals surface area contributed by atoms with Crippen LogP contribution >= 0.6 is 12.2 Å². The second kappa shape index (κ2) is 10.2. The number of thiocarbonyl (C=S) groups is 1. The summed E-state index contributed by atoms with van der Waals surface area (Å²) in [5.74, 6) is 1.56. The summed E-state index contributed by atoms with van der Waals surface area (Å²) in [4.78, 5) is 0. The van der Waals surface area contributed by atoms with Crippen molar-refractivity contribution in [2.45, 2.75) is 46.3 Å². The minimum atomic E-state index is -0.467. The van der Waals surface area contributed by atoms with Crippen LogP contribution < -0.4 is 25.6 Å². The van der Waals surface area contributed by atoms with E-state index in [9.17, 15) is 0 Å². The lowest BCUT2D eigenvalue weighted by molar-refractivity contribution is 0.157. The first-order valence-electron chi connectivity index (χ1n) is 11.5. The maximum absolute atomic E-state index is 6.16. The molecule has 3 aromatic rings. The smallest absolute Gasteiger partial charge is 0.189 e. The Bertz CT molecular complexity index is 1200. The van der Waals surface area contributed by atoms with Crippen LogP contribution in [0.2, 0.25) is 0 Å². The number of hydrazine groups is 1. The van der Waals surface area contributed by atoms with Gasteiger partial charge in [0.15, 0.2) is 5.11 Å². The quantitative estimate of drug-likeness (QED) is 0.283. The standard InChI is InChI=1S/C28H31N3O2S/c1-5-20-10-12-22(13-11-20)29-27(34)31-30-25-17-28(3,4)33-26-15-14-23(16-24(25)26)32-18-21-9-7-6-8-19(21)2/h6-17,30H,5,18H2,1-4H3,(H2,29,31,34). The Morgan fingerprint density at radius 2 is 1.79 bits per heavy atom. The van der Waals surface area contributed by atoms with Crippen molar-refractivity contribution < 1.29 is 9.47 Å². The molecule has 0 amide bonds. The van der Waals surface area contributed by atoms with Gasteiger partial charge in [-0.15, -0.1) is 0 Å². The number of benzene rings is 3. The topological polar surface area (TPSA) is 54.5 Å². The van der Waals surface area contributed by atoms with E-state index < -0.39 is 5.60 Å². The van der Waals surface area contributed by atoms with Crippen LogP contribution in [0.15, 0.2) is 72.8 Å². The van der Waals surface area contributed by atoms with Crippen molar-refractivity contribution in [3.8, 4) is 11.5 Å². The number of aryl methyl sites for hydroxylation is 2. The Kier molecular flexibility index (Phi) is 7.08. The van der Waals surface area contributed by atoms with Gasteiger partial charge in [0.25, 0.3) is 0 Å². The van der Waals surface area contributed by atoms with Crippen LogP contribution in [0.5, 0.6) is 11.5 Å². The molecule has 5 nitrogen and oxygen atoms in total. The van der Waals surface area contributed by atoms with Crippen LogP contribution in [0.3, 0.4) is 0 Å². The zero-order valence-corrected chi connectivity index (χ0v) is 20.9. The summed E-state index contributed by atoms with van der Waals surface area (Å²) in [5.41, 5.74) is 12.3. The Labute approximate surface area is 207 Å². The van der Waals surface area contributed by atoms with Crippen molar-refractivity contribution in [2.75, 3.05) is 5.32 Å². The summed E-state index contributed by atoms with van der Waals surface area (Å²) in [6.45, 7) is 8.77. The molecule has 0 unspecified atom stereocenters. The maximum Gasteiger partial charge on any atom is 0.189 e. The maximum atomic E-state index is 6.16. The highest BCUT2D eigenvalue weighted by molar-refractivity contribution is 7.80. The van der Waals surface area contributed by atoms with Gasteiger partial charge in [-0.2, -0.15) is 0 Å². The van der Waals surface area contributed by atoms with Crippen LogP contribution in [0.25, 0.3) is 5.70 Å². The summed E-state index contributed by atoms with van der Waals surface area (Å²) >= 11 is 5.49. The lowest BCUT2D eigenvalue weighted by Crippen LogP contribution is -2.41. The molecule has 34 heavy (non-hydrogen) atoms. The van der Waals surface area contributed by atoms with E-state index in [2.05, 4.69) is 54.3 Å². The van der Waals surface area contributed by atoms with Gasteiger partial charge in [0.1, 0.15) is 23.7 Å². The number of anilines is 1. The minimum Gasteiger partial charge on any atom is -0.489 e. The molecule has 3 aromatic carbocycles. The molecule has 0 saturated heterocycles. The Morgan fingerprint density at radius 1 is 1.03 bits per heavy atom. The fraction of sp³-hybridized carbons (Fsp3) is 0.250. The van der Waals surface area contributed by atoms with E-state index in [0.717, 1.165) is 40.4 Å². The van der Waals surface area contributed by atoms with E-state index in [1.54, 1.807) is 0 Å². The summed E-state index contributed by atoms with van der Waals surface area (Å²) < 4.78 is 12.3. The molecule has 0 atom stereocenters. The van der Waals surface area contributed by atoms with Gasteiger partial charge in [0.2, 0.25) is 0 Å². The molecule has 0 aliphatic carbocycles. The van der Waals surface area contributed by atoms with Gasteiger partial charge in [0, 0.05) is 11.3 Å². The van der Waals surface area contributed by atoms with Crippen LogP contribution in [0.1, 0.15) is 43.0 Å². The predicted molar refractivity (Wildman–Crippen MR) is 143 cm³/mol. The van der Waals surface area contributed by atoms with Crippen molar-refractivity contribution in [1.29, 1.82) is 0 Å². The number of rotatable bonds is 7. The molecule has 0 spiro atoms. The third-order valence-electron chi connectivity index (χ3n) is 5.69. The lowest BCUT2D eigenvalue weighted by Gasteiger charge is -2.32. The second-order valence-electron chi connectivity index (χ2n) is 8.89. The average molecular weight is 474 g/mol. The summed E-state index contributed by atoms with van der Waals surface area (Å²) in [6.07, 6.45) is 3.04. The van der Waals surface area contributed by atoms with Crippen LogP contribution in [0.4, 0.5) is 5.69 Å². The SMILES string of the molecule is CCc1ccc(NC(=S)NNC2=CC(C)(C)Oc3ccc(OCc4ccccc4C)cc32)cc1. The van der Waals surface area contributed by atoms with E-state index >= 15 is 0 Å². The molecular weight excluding hydrogens is 442 g/mol. The molecule has 6 heteroatoms. The number of hydrogen-bond acceptors (Lipinski definition) is 4. The zero-order valence-electron chi connectivity index (χ0n) is 20.1. The number of nitrogens with one attached hydrogen (secondary N) is 3. The Balaban J connectivity index is 1.45. The molecule has 1 aliphatic rings. The number of hydrogen-bond donors (Lipinski definition) is 3. The molecule has 0 saturated carbocycles. The summed E-state index contributed by atoms with van der Waals surface area (Å²) in [5, 5.41) is 3.68. The third kappa shape index (κ3) is 5.88. The van der Waals surface area contributed by atoms with E-state index in [-0.39, 0.29) is 0 Å². The third-order valence-corrected chi connectivity index (χ3v) is 5.90. The zero-order chi connectivity index (χ0) is 24.1. The highest BCUT2D eigenvalue weighted by Gasteiger charge is 2.27. The molecule has 1 aliphatic heterocycles. The van der Waals surface area contributed by atoms with Gasteiger partial charge in [-0.05, 0) is 92.5 Å². The van der Waals surface area contributed by atoms with Gasteiger partial charge in [-0.3, -0.25) is 10.9 Å². The fourth-order valence-corrected chi connectivity index (χ4v) is 3.95. The van der Waals surface area contributed by atoms with Gasteiger partial charge >= 0.3 is 0 Å². The van der Waals surface area contributed by atoms with Crippen LogP contribution in [-0.4, -0.2) is 10.7 Å². The highest BCUT2D eigenvalue weighted by atomic mass is 32.1. The van der Waals surface area contributed by atoms with E-state index in [0.29, 0.717) is 11.7 Å². The molecule has 0 radical (unpaired) electrons. The molecule has 0 fully saturated rings. The molecule has 0 aromatic heterocycles. The van der Waals surface area contributed by atoms with Crippen molar-refractivity contribution in [2.24, 2.45) is 0 Å². The van der Waals surface area contributed by atoms with Gasteiger partial charge in [-0.25, -0.2) is 0 Å². The first-order chi connectivity index (χ1) is 16.3. The lowest BCUT2D eigenvalue weighted by atomic mass is 9.99. The first-order valence-corrected chi connectivity index (χ1v) is 11.9. The van der Waals surface area contributed by atoms with Crippen molar-refractivity contribution >= 4 is 28.7 Å². The normalized spacial score (nSPS) is 13.7. The van der Waals surface area contributed by atoms with Gasteiger partial charge in [-0.1, -0.05) is 43.3 Å². The largest absolute Gasteiger partial charge is 0.489 e. The van der Waals surface area contributed by atoms with Crippen LogP contribution in [0, 0.1) is 6.92 Å². The predicted octanol–water partition coefficient (Wildman–Crippen LogP) is 6.14. The second-order valence-corrected chi connectivity index (χ2v) is 9.30. The Morgan fingerprint density at radius 3 is 2.53 bits per heavy atom. The van der Waals surface area contributed by atoms with E-state index in [1.807, 2.05) is 62.4 Å².